The van der Waals surface area contributed by atoms with E-state index in [1.807, 2.05) is 38.1 Å². The fourth-order valence-electron chi connectivity index (χ4n) is 3.92. The molecule has 0 aliphatic rings. The quantitative estimate of drug-likeness (QED) is 0.250. The molecule has 0 unspecified atom stereocenters. The van der Waals surface area contributed by atoms with Gasteiger partial charge in [-0.3, -0.25) is 13.9 Å². The van der Waals surface area contributed by atoms with E-state index in [0.29, 0.717) is 11.6 Å². The Labute approximate surface area is 244 Å². The van der Waals surface area contributed by atoms with Crippen molar-refractivity contribution in [2.45, 2.75) is 51.1 Å². The molecule has 0 saturated carbocycles. The number of halogens is 2. The van der Waals surface area contributed by atoms with Gasteiger partial charge in [0.05, 0.1) is 10.6 Å². The Bertz CT molecular complexity index is 1380. The lowest BCUT2D eigenvalue weighted by Gasteiger charge is -2.32. The number of nitrogens with zero attached hydrogens (tertiary/aromatic N) is 2. The third-order valence-corrected chi connectivity index (χ3v) is 8.77. The van der Waals surface area contributed by atoms with Gasteiger partial charge in [-0.1, -0.05) is 70.7 Å². The highest BCUT2D eigenvalue weighted by Gasteiger charge is 2.32. The Balaban J connectivity index is 1.99. The number of nitrogens with one attached hydrogen (secondary N) is 1. The minimum atomic E-state index is -4.12. The zero-order valence-corrected chi connectivity index (χ0v) is 25.4. The number of amides is 2. The van der Waals surface area contributed by atoms with Crippen molar-refractivity contribution in [3.8, 4) is 0 Å². The van der Waals surface area contributed by atoms with E-state index in [-0.39, 0.29) is 23.0 Å². The van der Waals surface area contributed by atoms with Crippen molar-refractivity contribution in [1.82, 2.24) is 10.2 Å². The van der Waals surface area contributed by atoms with Gasteiger partial charge >= 0.3 is 0 Å². The number of aryl methyl sites for hydroxylation is 1. The first-order valence-corrected chi connectivity index (χ1v) is 15.3. The van der Waals surface area contributed by atoms with Crippen molar-refractivity contribution < 1.29 is 18.0 Å². The van der Waals surface area contributed by atoms with Gasteiger partial charge < -0.3 is 10.2 Å². The highest BCUT2D eigenvalue weighted by Crippen LogP contribution is 2.26. The van der Waals surface area contributed by atoms with Crippen LogP contribution < -0.4 is 9.62 Å². The molecule has 0 spiro atoms. The molecule has 1 atom stereocenters. The predicted molar refractivity (Wildman–Crippen MR) is 159 cm³/mol. The summed E-state index contributed by atoms with van der Waals surface area (Å²) in [4.78, 5) is 28.4. The van der Waals surface area contributed by atoms with Crippen molar-refractivity contribution in [2.24, 2.45) is 0 Å². The Morgan fingerprint density at radius 1 is 1.03 bits per heavy atom. The summed E-state index contributed by atoms with van der Waals surface area (Å²) in [6, 6.07) is 19.3. The fourth-order valence-corrected chi connectivity index (χ4v) is 5.91. The number of benzene rings is 3. The molecular weight excluding hydrogens is 602 g/mol. The Morgan fingerprint density at radius 2 is 1.69 bits per heavy atom. The number of anilines is 1. The average Bonchev–Trinajstić information content (AvgIpc) is 2.90. The van der Waals surface area contributed by atoms with Gasteiger partial charge in [0.2, 0.25) is 11.8 Å². The van der Waals surface area contributed by atoms with E-state index in [0.717, 1.165) is 32.7 Å². The minimum Gasteiger partial charge on any atom is -0.354 e. The first-order chi connectivity index (χ1) is 18.5. The summed E-state index contributed by atoms with van der Waals surface area (Å²) in [5, 5.41) is 3.32. The highest BCUT2D eigenvalue weighted by atomic mass is 79.9. The first kappa shape index (κ1) is 30.7. The second-order valence-corrected chi connectivity index (χ2v) is 12.5. The maximum Gasteiger partial charge on any atom is 0.264 e. The van der Waals surface area contributed by atoms with Crippen LogP contribution in [0.3, 0.4) is 0 Å². The van der Waals surface area contributed by atoms with E-state index < -0.39 is 28.5 Å². The van der Waals surface area contributed by atoms with E-state index in [2.05, 4.69) is 21.2 Å². The summed E-state index contributed by atoms with van der Waals surface area (Å²) in [5.74, 6) is -0.815. The monoisotopic (exact) mass is 633 g/mol. The maximum atomic E-state index is 13.9. The number of sulfonamides is 1. The molecule has 0 aliphatic carbocycles. The van der Waals surface area contributed by atoms with Crippen LogP contribution in [0.25, 0.3) is 0 Å². The lowest BCUT2D eigenvalue weighted by atomic mass is 10.1. The summed E-state index contributed by atoms with van der Waals surface area (Å²) in [6.07, 6.45) is 1.74. The van der Waals surface area contributed by atoms with Gasteiger partial charge in [-0.05, 0) is 74.4 Å². The zero-order valence-electron chi connectivity index (χ0n) is 22.2. The Hall–Kier alpha value is -2.88. The van der Waals surface area contributed by atoms with E-state index in [1.54, 1.807) is 43.3 Å². The van der Waals surface area contributed by atoms with Gasteiger partial charge in [-0.2, -0.15) is 0 Å². The van der Waals surface area contributed by atoms with E-state index in [4.69, 9.17) is 11.6 Å². The highest BCUT2D eigenvalue weighted by molar-refractivity contribution is 9.10. The van der Waals surface area contributed by atoms with Crippen LogP contribution in [-0.4, -0.2) is 44.3 Å². The zero-order chi connectivity index (χ0) is 28.6. The summed E-state index contributed by atoms with van der Waals surface area (Å²) >= 11 is 9.51. The molecule has 1 N–H and O–H groups in total. The number of hydrogen-bond acceptors (Lipinski definition) is 4. The van der Waals surface area contributed by atoms with Gasteiger partial charge in [0, 0.05) is 22.6 Å². The fraction of sp³-hybridized carbons (Fsp3) is 0.310. The van der Waals surface area contributed by atoms with Crippen LogP contribution in [-0.2, 0) is 26.2 Å². The van der Waals surface area contributed by atoms with Crippen molar-refractivity contribution in [3.63, 3.8) is 0 Å². The van der Waals surface area contributed by atoms with Gasteiger partial charge in [-0.15, -0.1) is 0 Å². The molecule has 0 fully saturated rings. The molecule has 0 saturated heterocycles. The molecule has 0 heterocycles. The van der Waals surface area contributed by atoms with Gasteiger partial charge in [-0.25, -0.2) is 8.42 Å². The van der Waals surface area contributed by atoms with Crippen LogP contribution in [0.15, 0.2) is 82.2 Å². The molecule has 0 radical (unpaired) electrons. The number of unbranched alkanes of at least 4 members (excludes halogenated alkanes) is 1. The van der Waals surface area contributed by atoms with Crippen LogP contribution in [0, 0.1) is 6.92 Å². The smallest absolute Gasteiger partial charge is 0.264 e. The largest absolute Gasteiger partial charge is 0.354 e. The second-order valence-electron chi connectivity index (χ2n) is 9.27. The van der Waals surface area contributed by atoms with Crippen LogP contribution in [0.4, 0.5) is 5.69 Å². The third kappa shape index (κ3) is 8.30. The topological polar surface area (TPSA) is 86.8 Å². The van der Waals surface area contributed by atoms with Crippen LogP contribution in [0.2, 0.25) is 5.02 Å². The SMILES string of the molecule is CCCCNC(=O)[C@@H](C)N(Cc1cccc(Br)c1)C(=O)CN(c1ccc(Cl)cc1)S(=O)(=O)c1ccc(C)cc1. The summed E-state index contributed by atoms with van der Waals surface area (Å²) in [6.45, 7) is 5.66. The molecule has 0 aromatic heterocycles. The summed E-state index contributed by atoms with van der Waals surface area (Å²) in [7, 11) is -4.12. The van der Waals surface area contributed by atoms with E-state index >= 15 is 0 Å². The van der Waals surface area contributed by atoms with Crippen molar-refractivity contribution in [1.29, 1.82) is 0 Å². The standard InChI is InChI=1S/C29H33BrClN3O4S/c1-4-5-17-32-29(36)22(3)33(19-23-7-6-8-24(30)18-23)28(35)20-34(26-13-11-25(31)12-14-26)39(37,38)27-15-9-21(2)10-16-27/h6-16,18,22H,4-5,17,19-20H2,1-3H3,(H,32,36)/t22-/m1/s1. The molecule has 7 nitrogen and oxygen atoms in total. The summed E-state index contributed by atoms with van der Waals surface area (Å²) in [5.41, 5.74) is 1.99. The number of rotatable bonds is 12. The third-order valence-electron chi connectivity index (χ3n) is 6.24. The van der Waals surface area contributed by atoms with Gasteiger partial charge in [0.1, 0.15) is 12.6 Å². The lowest BCUT2D eigenvalue weighted by molar-refractivity contribution is -0.139. The minimum absolute atomic E-state index is 0.0553. The predicted octanol–water partition coefficient (Wildman–Crippen LogP) is 5.94. The second kappa shape index (κ2) is 14.0. The molecule has 10 heteroatoms. The Morgan fingerprint density at radius 3 is 2.31 bits per heavy atom. The molecule has 0 aliphatic heterocycles. The molecular formula is C29H33BrClN3O4S. The Kier molecular flexibility index (Phi) is 11.0. The summed E-state index contributed by atoms with van der Waals surface area (Å²) < 4.78 is 29.5. The van der Waals surface area contributed by atoms with E-state index in [1.165, 1.54) is 17.0 Å². The lowest BCUT2D eigenvalue weighted by Crippen LogP contribution is -2.51. The van der Waals surface area contributed by atoms with Crippen LogP contribution >= 0.6 is 27.5 Å². The van der Waals surface area contributed by atoms with Crippen molar-refractivity contribution in [3.05, 3.63) is 93.4 Å². The van der Waals surface area contributed by atoms with E-state index in [9.17, 15) is 18.0 Å². The molecule has 2 amide bonds. The molecule has 3 aromatic rings. The van der Waals surface area contributed by atoms with Crippen molar-refractivity contribution in [2.75, 3.05) is 17.4 Å². The number of carbonyl (C=O) groups excluding carboxylic acids is 2. The molecule has 3 rings (SSSR count). The normalized spacial score (nSPS) is 12.0. The molecule has 3 aromatic carbocycles. The molecule has 208 valence electrons. The van der Waals surface area contributed by atoms with Crippen LogP contribution in [0.1, 0.15) is 37.8 Å². The van der Waals surface area contributed by atoms with Gasteiger partial charge in [0.25, 0.3) is 10.0 Å². The molecule has 39 heavy (non-hydrogen) atoms. The average molecular weight is 635 g/mol. The maximum absolute atomic E-state index is 13.9. The first-order valence-electron chi connectivity index (χ1n) is 12.7. The van der Waals surface area contributed by atoms with Gasteiger partial charge in [0.15, 0.2) is 0 Å². The molecule has 0 bridgehead atoms. The number of carbonyl (C=O) groups is 2. The van der Waals surface area contributed by atoms with Crippen molar-refractivity contribution >= 4 is 55.1 Å². The number of hydrogen-bond donors (Lipinski definition) is 1. The van der Waals surface area contributed by atoms with Crippen LogP contribution in [0.5, 0.6) is 0 Å².